The number of nitrogens with zero attached hydrogens (tertiary/aromatic N) is 1. The quantitative estimate of drug-likeness (QED) is 0.219. The first-order chi connectivity index (χ1) is 18.8. The van der Waals surface area contributed by atoms with Gasteiger partial charge >= 0.3 is 0 Å². The second kappa shape index (κ2) is 11.2. The molecule has 0 atom stereocenters. The van der Waals surface area contributed by atoms with E-state index in [1.807, 2.05) is 41.9 Å². The Kier molecular flexibility index (Phi) is 7.51. The Balaban J connectivity index is 1.30. The molecule has 1 saturated heterocycles. The third-order valence-corrected chi connectivity index (χ3v) is 7.40. The number of amides is 2. The highest BCUT2D eigenvalue weighted by Gasteiger charge is 2.27. The number of carbonyl (C=O) groups is 2. The van der Waals surface area contributed by atoms with E-state index < -0.39 is 5.91 Å². The maximum absolute atomic E-state index is 13.6. The number of imide groups is 1. The van der Waals surface area contributed by atoms with Crippen molar-refractivity contribution in [2.45, 2.75) is 13.3 Å². The number of nitrogens with one attached hydrogen (secondary N) is 1. The molecule has 2 heterocycles. The molecule has 5 rings (SSSR count). The Morgan fingerprint density at radius 1 is 0.949 bits per heavy atom. The topological polar surface area (TPSA) is 86.6 Å². The van der Waals surface area contributed by atoms with Crippen LogP contribution in [-0.2, 0) is 11.8 Å². The number of benzene rings is 3. The molecule has 0 saturated carbocycles. The Hall–Kier alpha value is -4.37. The molecule has 1 fully saturated rings. The molecule has 3 aromatic carbocycles. The minimum atomic E-state index is -0.397. The van der Waals surface area contributed by atoms with Crippen LogP contribution in [0.4, 0.5) is 9.18 Å². The van der Waals surface area contributed by atoms with Crippen molar-refractivity contribution in [3.8, 4) is 22.8 Å². The van der Waals surface area contributed by atoms with E-state index in [1.54, 1.807) is 37.3 Å². The van der Waals surface area contributed by atoms with Crippen LogP contribution >= 0.6 is 11.8 Å². The second-order valence-electron chi connectivity index (χ2n) is 8.97. The van der Waals surface area contributed by atoms with Crippen LogP contribution in [-0.4, -0.2) is 28.9 Å². The van der Waals surface area contributed by atoms with E-state index >= 15 is 0 Å². The summed E-state index contributed by atoms with van der Waals surface area (Å²) in [6.45, 7) is 2.34. The zero-order chi connectivity index (χ0) is 27.5. The van der Waals surface area contributed by atoms with Crippen LogP contribution in [0.15, 0.2) is 82.5 Å². The number of thioether (sulfide) groups is 1. The summed E-state index contributed by atoms with van der Waals surface area (Å²) in [6.07, 6.45) is 0.496. The molecule has 0 aliphatic carbocycles. The van der Waals surface area contributed by atoms with Crippen molar-refractivity contribution in [2.75, 3.05) is 13.2 Å². The van der Waals surface area contributed by atoms with Gasteiger partial charge in [0, 0.05) is 24.4 Å². The highest BCUT2D eigenvalue weighted by atomic mass is 32.2. The number of carbonyl (C=O) groups excluding carboxylic acids is 2. The summed E-state index contributed by atoms with van der Waals surface area (Å²) in [4.78, 5) is 37.3. The predicted octanol–water partition coefficient (Wildman–Crippen LogP) is 5.91. The first-order valence-corrected chi connectivity index (χ1v) is 13.1. The maximum Gasteiger partial charge on any atom is 0.290 e. The largest absolute Gasteiger partial charge is 0.493 e. The summed E-state index contributed by atoms with van der Waals surface area (Å²) in [6, 6.07) is 20.5. The highest BCUT2D eigenvalue weighted by Crippen LogP contribution is 2.33. The third kappa shape index (κ3) is 5.44. The number of allylic oxidation sites excluding steroid dienone is 1. The van der Waals surface area contributed by atoms with Gasteiger partial charge in [-0.3, -0.25) is 19.7 Å². The number of halogens is 1. The summed E-state index contributed by atoms with van der Waals surface area (Å²) >= 11 is 0.885. The second-order valence-corrected chi connectivity index (χ2v) is 9.95. The summed E-state index contributed by atoms with van der Waals surface area (Å²) in [5, 5.41) is 2.42. The number of ether oxygens (including phenoxy) is 2. The number of hydrogen-bond donors (Lipinski definition) is 1. The van der Waals surface area contributed by atoms with Crippen LogP contribution in [0.5, 0.6) is 11.5 Å². The molecule has 0 unspecified atom stereocenters. The number of aromatic nitrogens is 1. The first kappa shape index (κ1) is 26.2. The lowest BCUT2D eigenvalue weighted by atomic mass is 10.1. The molecule has 1 aromatic heterocycles. The van der Waals surface area contributed by atoms with Crippen LogP contribution < -0.4 is 20.2 Å². The molecular formula is C30H25FN2O5S. The van der Waals surface area contributed by atoms with Crippen molar-refractivity contribution in [2.24, 2.45) is 7.05 Å². The van der Waals surface area contributed by atoms with Gasteiger partial charge in [-0.25, -0.2) is 4.39 Å². The van der Waals surface area contributed by atoms with E-state index in [1.165, 1.54) is 12.1 Å². The zero-order valence-corrected chi connectivity index (χ0v) is 22.1. The minimum absolute atomic E-state index is 0.203. The summed E-state index contributed by atoms with van der Waals surface area (Å²) in [5.74, 6) is 0.0499. The van der Waals surface area contributed by atoms with E-state index in [0.717, 1.165) is 22.8 Å². The normalized spacial score (nSPS) is 14.4. The fourth-order valence-electron chi connectivity index (χ4n) is 4.46. The number of pyridine rings is 1. The van der Waals surface area contributed by atoms with Crippen molar-refractivity contribution >= 4 is 39.4 Å². The molecular weight excluding hydrogens is 519 g/mol. The molecule has 0 spiro atoms. The molecule has 7 nitrogen and oxygen atoms in total. The molecule has 1 aliphatic heterocycles. The van der Waals surface area contributed by atoms with E-state index in [0.29, 0.717) is 45.9 Å². The third-order valence-electron chi connectivity index (χ3n) is 6.41. The number of para-hydroxylation sites is 1. The maximum atomic E-state index is 13.6. The number of aryl methyl sites for hydroxylation is 1. The average Bonchev–Trinajstić information content (AvgIpc) is 3.29. The Labute approximate surface area is 228 Å². The zero-order valence-electron chi connectivity index (χ0n) is 21.3. The van der Waals surface area contributed by atoms with E-state index in [-0.39, 0.29) is 28.8 Å². The Bertz CT molecular complexity index is 1680. The number of rotatable bonds is 8. The van der Waals surface area contributed by atoms with Gasteiger partial charge in [0.2, 0.25) is 5.43 Å². The molecule has 39 heavy (non-hydrogen) atoms. The standard InChI is InChI=1S/C30H25FN2O5S/c1-18(28-29(35)32-30(36)39-28)20-7-5-8-22(17-20)37-15-6-16-38-27-25(19-11-13-21(31)14-12-19)33(2)24-10-4-3-9-23(24)26(27)34/h3-5,7-14,17H,6,15-16H2,1-2H3,(H,32,35,36)/b28-18-. The van der Waals surface area contributed by atoms with Crippen LogP contribution in [0.25, 0.3) is 27.7 Å². The number of fused-ring (bicyclic) bond motifs is 1. The van der Waals surface area contributed by atoms with Crippen LogP contribution in [0.2, 0.25) is 0 Å². The molecule has 1 N–H and O–H groups in total. The minimum Gasteiger partial charge on any atom is -0.493 e. The van der Waals surface area contributed by atoms with E-state index in [4.69, 9.17) is 9.47 Å². The van der Waals surface area contributed by atoms with Gasteiger partial charge in [0.15, 0.2) is 5.75 Å². The van der Waals surface area contributed by atoms with Gasteiger partial charge in [-0.05, 0) is 78.4 Å². The van der Waals surface area contributed by atoms with Gasteiger partial charge < -0.3 is 14.0 Å². The fourth-order valence-corrected chi connectivity index (χ4v) is 5.21. The summed E-state index contributed by atoms with van der Waals surface area (Å²) in [7, 11) is 1.85. The molecule has 4 aromatic rings. The van der Waals surface area contributed by atoms with Crippen LogP contribution in [0, 0.1) is 5.82 Å². The van der Waals surface area contributed by atoms with Crippen molar-refractivity contribution < 1.29 is 23.5 Å². The number of hydrogen-bond acceptors (Lipinski definition) is 6. The predicted molar refractivity (Wildman–Crippen MR) is 150 cm³/mol. The van der Waals surface area contributed by atoms with Gasteiger partial charge in [-0.1, -0.05) is 24.3 Å². The van der Waals surface area contributed by atoms with Crippen molar-refractivity contribution in [3.05, 3.63) is 99.3 Å². The molecule has 2 amide bonds. The molecule has 9 heteroatoms. The van der Waals surface area contributed by atoms with Crippen LogP contribution in [0.1, 0.15) is 18.9 Å². The van der Waals surface area contributed by atoms with Gasteiger partial charge in [0.05, 0.1) is 29.3 Å². The molecule has 0 bridgehead atoms. The van der Waals surface area contributed by atoms with E-state index in [2.05, 4.69) is 5.32 Å². The van der Waals surface area contributed by atoms with Gasteiger partial charge in [0.25, 0.3) is 11.1 Å². The Morgan fingerprint density at radius 3 is 2.44 bits per heavy atom. The first-order valence-electron chi connectivity index (χ1n) is 12.3. The lowest BCUT2D eigenvalue weighted by Crippen LogP contribution is -2.18. The lowest BCUT2D eigenvalue weighted by Gasteiger charge is -2.18. The highest BCUT2D eigenvalue weighted by molar-refractivity contribution is 8.18. The molecule has 198 valence electrons. The van der Waals surface area contributed by atoms with Crippen LogP contribution in [0.3, 0.4) is 0 Å². The summed E-state index contributed by atoms with van der Waals surface area (Å²) in [5.41, 5.74) is 3.23. The van der Waals surface area contributed by atoms with Crippen molar-refractivity contribution in [3.63, 3.8) is 0 Å². The average molecular weight is 545 g/mol. The Morgan fingerprint density at radius 2 is 1.69 bits per heavy atom. The molecule has 1 aliphatic rings. The monoisotopic (exact) mass is 544 g/mol. The SMILES string of the molecule is C/C(=C1/SC(=O)NC1=O)c1cccc(OCCCOc2c(-c3ccc(F)cc3)n(C)c3ccccc3c2=O)c1. The van der Waals surface area contributed by atoms with E-state index in [9.17, 15) is 18.8 Å². The van der Waals surface area contributed by atoms with Gasteiger partial charge in [-0.2, -0.15) is 0 Å². The summed E-state index contributed by atoms with van der Waals surface area (Å²) < 4.78 is 27.4. The van der Waals surface area contributed by atoms with Gasteiger partial charge in [0.1, 0.15) is 11.6 Å². The van der Waals surface area contributed by atoms with Crippen molar-refractivity contribution in [1.29, 1.82) is 0 Å². The fraction of sp³-hybridized carbons (Fsp3) is 0.167. The van der Waals surface area contributed by atoms with Crippen molar-refractivity contribution in [1.82, 2.24) is 9.88 Å². The molecule has 0 radical (unpaired) electrons. The van der Waals surface area contributed by atoms with Gasteiger partial charge in [-0.15, -0.1) is 0 Å². The lowest BCUT2D eigenvalue weighted by molar-refractivity contribution is -0.115. The smallest absolute Gasteiger partial charge is 0.290 e.